The zero-order valence-electron chi connectivity index (χ0n) is 13.7. The predicted molar refractivity (Wildman–Crippen MR) is 90.8 cm³/mol. The minimum Gasteiger partial charge on any atom is -0.492 e. The monoisotopic (exact) mass is 313 g/mol. The van der Waals surface area contributed by atoms with Crippen LogP contribution < -0.4 is 15.8 Å². The number of methoxy groups -OCH3 is 1. The van der Waals surface area contributed by atoms with Crippen LogP contribution >= 0.6 is 11.3 Å². The van der Waals surface area contributed by atoms with Gasteiger partial charge < -0.3 is 20.7 Å². The molecule has 0 radical (unpaired) electrons. The average Bonchev–Trinajstić information content (AvgIpc) is 2.81. The smallest absolute Gasteiger partial charge is 0.176 e. The summed E-state index contributed by atoms with van der Waals surface area (Å²) in [6, 6.07) is 0.555. The number of nitrogens with two attached hydrogens (primary N) is 1. The van der Waals surface area contributed by atoms with Crippen LogP contribution in [0.15, 0.2) is 0 Å². The molecule has 0 saturated heterocycles. The van der Waals surface area contributed by atoms with Crippen LogP contribution in [0.1, 0.15) is 43.3 Å². The van der Waals surface area contributed by atoms with Crippen molar-refractivity contribution in [1.82, 2.24) is 4.90 Å². The van der Waals surface area contributed by atoms with E-state index in [9.17, 15) is 4.79 Å². The van der Waals surface area contributed by atoms with E-state index in [1.807, 2.05) is 6.92 Å². The Morgan fingerprint density at radius 3 is 2.67 bits per heavy atom. The van der Waals surface area contributed by atoms with Gasteiger partial charge in [0.25, 0.3) is 0 Å². The van der Waals surface area contributed by atoms with Crippen molar-refractivity contribution in [3.63, 3.8) is 0 Å². The van der Waals surface area contributed by atoms with E-state index in [4.69, 9.17) is 10.5 Å². The lowest BCUT2D eigenvalue weighted by molar-refractivity contribution is 0.0992. The average molecular weight is 313 g/mol. The van der Waals surface area contributed by atoms with Gasteiger partial charge in [-0.05, 0) is 20.4 Å². The number of nitrogen functional groups attached to an aromatic ring is 1. The number of hydrogen-bond donors (Lipinski definition) is 2. The van der Waals surface area contributed by atoms with Gasteiger partial charge in [-0.3, -0.25) is 4.79 Å². The number of ether oxygens (including phenoxy) is 1. The molecule has 1 aromatic rings. The highest BCUT2D eigenvalue weighted by Crippen LogP contribution is 2.42. The van der Waals surface area contributed by atoms with Gasteiger partial charge in [-0.25, -0.2) is 0 Å². The van der Waals surface area contributed by atoms with Crippen molar-refractivity contribution in [2.24, 2.45) is 0 Å². The number of nitrogens with zero attached hydrogens (tertiary/aromatic N) is 1. The maximum Gasteiger partial charge on any atom is 0.176 e. The summed E-state index contributed by atoms with van der Waals surface area (Å²) in [5, 5.41) is 4.17. The highest BCUT2D eigenvalue weighted by molar-refractivity contribution is 7.19. The topological polar surface area (TPSA) is 67.6 Å². The molecule has 21 heavy (non-hydrogen) atoms. The first kappa shape index (κ1) is 17.8. The van der Waals surface area contributed by atoms with Crippen molar-refractivity contribution >= 4 is 27.8 Å². The summed E-state index contributed by atoms with van der Waals surface area (Å²) >= 11 is 1.38. The van der Waals surface area contributed by atoms with Crippen molar-refractivity contribution < 1.29 is 9.53 Å². The van der Waals surface area contributed by atoms with E-state index in [0.717, 1.165) is 24.5 Å². The Labute approximate surface area is 131 Å². The van der Waals surface area contributed by atoms with E-state index in [0.29, 0.717) is 28.8 Å². The zero-order chi connectivity index (χ0) is 16.0. The third-order valence-electron chi connectivity index (χ3n) is 3.77. The van der Waals surface area contributed by atoms with Gasteiger partial charge in [0.15, 0.2) is 11.5 Å². The number of anilines is 2. The Bertz CT molecular complexity index is 474. The zero-order valence-corrected chi connectivity index (χ0v) is 14.5. The van der Waals surface area contributed by atoms with Crippen molar-refractivity contribution in [3.8, 4) is 5.75 Å². The normalized spacial score (nSPS) is 12.5. The Morgan fingerprint density at radius 1 is 1.48 bits per heavy atom. The van der Waals surface area contributed by atoms with Gasteiger partial charge in [-0.15, -0.1) is 11.3 Å². The summed E-state index contributed by atoms with van der Waals surface area (Å²) in [6.45, 7) is 7.94. The Kier molecular flexibility index (Phi) is 6.98. The summed E-state index contributed by atoms with van der Waals surface area (Å²) in [6.07, 6.45) is 1.57. The fourth-order valence-electron chi connectivity index (χ4n) is 1.99. The first-order chi connectivity index (χ1) is 9.96. The SMILES string of the molecule is CCC(=O)c1sc(NCCN(C)C(C)CC)c(OC)c1N. The van der Waals surface area contributed by atoms with E-state index >= 15 is 0 Å². The molecule has 0 aliphatic heterocycles. The van der Waals surface area contributed by atoms with E-state index < -0.39 is 0 Å². The highest BCUT2D eigenvalue weighted by atomic mass is 32.1. The van der Waals surface area contributed by atoms with Crippen LogP contribution in [0.2, 0.25) is 0 Å². The highest BCUT2D eigenvalue weighted by Gasteiger charge is 2.20. The van der Waals surface area contributed by atoms with Gasteiger partial charge in [-0.1, -0.05) is 13.8 Å². The summed E-state index contributed by atoms with van der Waals surface area (Å²) in [5.41, 5.74) is 6.46. The molecule has 1 rings (SSSR count). The van der Waals surface area contributed by atoms with Crippen LogP contribution in [0, 0.1) is 0 Å². The van der Waals surface area contributed by atoms with Gasteiger partial charge in [0.1, 0.15) is 5.00 Å². The minimum atomic E-state index is 0.0561. The molecular formula is C15H27N3O2S. The quantitative estimate of drug-likeness (QED) is 0.686. The van der Waals surface area contributed by atoms with Gasteiger partial charge in [0.05, 0.1) is 17.7 Å². The van der Waals surface area contributed by atoms with Gasteiger partial charge in [-0.2, -0.15) is 0 Å². The molecule has 0 aliphatic carbocycles. The molecule has 1 aromatic heterocycles. The minimum absolute atomic E-state index is 0.0561. The first-order valence-electron chi connectivity index (χ1n) is 7.39. The second-order valence-electron chi connectivity index (χ2n) is 5.15. The van der Waals surface area contributed by atoms with Crippen LogP contribution in [0.25, 0.3) is 0 Å². The third-order valence-corrected chi connectivity index (χ3v) is 4.96. The Hall–Kier alpha value is -1.27. The molecule has 5 nitrogen and oxygen atoms in total. The lowest BCUT2D eigenvalue weighted by Gasteiger charge is -2.23. The molecule has 6 heteroatoms. The predicted octanol–water partition coefficient (Wildman–Crippen LogP) is 3.07. The molecule has 1 heterocycles. The lowest BCUT2D eigenvalue weighted by atomic mass is 10.2. The number of hydrogen-bond acceptors (Lipinski definition) is 6. The Balaban J connectivity index is 2.73. The van der Waals surface area contributed by atoms with Crippen molar-refractivity contribution in [3.05, 3.63) is 4.88 Å². The van der Waals surface area contributed by atoms with E-state index in [1.165, 1.54) is 11.3 Å². The summed E-state index contributed by atoms with van der Waals surface area (Å²) in [7, 11) is 3.69. The fraction of sp³-hybridized carbons (Fsp3) is 0.667. The lowest BCUT2D eigenvalue weighted by Crippen LogP contribution is -2.32. The molecule has 0 aliphatic rings. The van der Waals surface area contributed by atoms with Crippen molar-refractivity contribution in [1.29, 1.82) is 0 Å². The van der Waals surface area contributed by atoms with Gasteiger partial charge >= 0.3 is 0 Å². The number of rotatable bonds is 9. The fourth-order valence-corrected chi connectivity index (χ4v) is 3.12. The standard InChI is InChI=1S/C15H27N3O2S/c1-6-10(3)18(4)9-8-17-15-13(20-5)12(16)14(21-15)11(19)7-2/h10,17H,6-9,16H2,1-5H3. The van der Waals surface area contributed by atoms with E-state index in [-0.39, 0.29) is 5.78 Å². The molecule has 0 spiro atoms. The second-order valence-corrected chi connectivity index (χ2v) is 6.17. The maximum absolute atomic E-state index is 11.9. The maximum atomic E-state index is 11.9. The molecular weight excluding hydrogens is 286 g/mol. The van der Waals surface area contributed by atoms with Crippen LogP contribution in [0.5, 0.6) is 5.75 Å². The molecule has 3 N–H and O–H groups in total. The molecule has 0 fully saturated rings. The number of likely N-dealkylation sites (N-methyl/N-ethyl adjacent to an activating group) is 1. The molecule has 0 bridgehead atoms. The molecule has 1 atom stereocenters. The molecule has 0 saturated carbocycles. The molecule has 0 amide bonds. The number of thiophene rings is 1. The number of nitrogens with one attached hydrogen (secondary N) is 1. The Morgan fingerprint density at radius 2 is 2.14 bits per heavy atom. The van der Waals surface area contributed by atoms with Crippen LogP contribution in [-0.2, 0) is 0 Å². The van der Waals surface area contributed by atoms with Crippen LogP contribution in [0.3, 0.4) is 0 Å². The van der Waals surface area contributed by atoms with Crippen LogP contribution in [0.4, 0.5) is 10.7 Å². The third kappa shape index (κ3) is 4.35. The summed E-state index contributed by atoms with van der Waals surface area (Å²) in [5.74, 6) is 0.642. The van der Waals surface area contributed by atoms with Crippen molar-refractivity contribution in [2.45, 2.75) is 39.7 Å². The summed E-state index contributed by atoms with van der Waals surface area (Å²) < 4.78 is 5.33. The summed E-state index contributed by atoms with van der Waals surface area (Å²) in [4.78, 5) is 14.8. The second kappa shape index (κ2) is 8.24. The van der Waals surface area contributed by atoms with Gasteiger partial charge in [0.2, 0.25) is 0 Å². The molecule has 120 valence electrons. The van der Waals surface area contributed by atoms with Crippen LogP contribution in [-0.4, -0.2) is 44.0 Å². The number of carbonyl (C=O) groups excluding carboxylic acids is 1. The van der Waals surface area contributed by atoms with Crippen molar-refractivity contribution in [2.75, 3.05) is 38.3 Å². The van der Waals surface area contributed by atoms with Gasteiger partial charge in [0, 0.05) is 25.6 Å². The first-order valence-corrected chi connectivity index (χ1v) is 8.21. The van der Waals surface area contributed by atoms with E-state index in [2.05, 4.69) is 31.1 Å². The molecule has 0 aromatic carbocycles. The largest absolute Gasteiger partial charge is 0.492 e. The number of ketones is 1. The molecule has 1 unspecified atom stereocenters. The van der Waals surface area contributed by atoms with E-state index in [1.54, 1.807) is 7.11 Å². The number of Topliss-reactive ketones (excluding diaryl/α,β-unsaturated/α-hetero) is 1. The number of carbonyl (C=O) groups is 1.